The van der Waals surface area contributed by atoms with Crippen molar-refractivity contribution in [1.29, 1.82) is 0 Å². The molecular formula is C20H21FN4O4. The number of aliphatic carboxylic acids is 1. The topological polar surface area (TPSA) is 106 Å². The molecule has 3 aromatic rings. The number of benzene rings is 1. The van der Waals surface area contributed by atoms with Gasteiger partial charge in [-0.05, 0) is 51.1 Å². The molecule has 1 amide bonds. The van der Waals surface area contributed by atoms with Crippen LogP contribution in [-0.4, -0.2) is 43.2 Å². The molecular weight excluding hydrogens is 379 g/mol. The van der Waals surface area contributed by atoms with Crippen molar-refractivity contribution in [2.45, 2.75) is 38.8 Å². The Labute approximate surface area is 166 Å². The van der Waals surface area contributed by atoms with E-state index in [0.29, 0.717) is 22.7 Å². The summed E-state index contributed by atoms with van der Waals surface area (Å²) in [4.78, 5) is 32.5. The van der Waals surface area contributed by atoms with Crippen LogP contribution in [0.25, 0.3) is 17.0 Å². The van der Waals surface area contributed by atoms with Gasteiger partial charge in [-0.3, -0.25) is 4.40 Å². The SMILES string of the molecule is CC(C)(C)OC(=O)NC(Cc1c(-c2ccc(F)cc2)nc2ncccn12)C(=O)O. The van der Waals surface area contributed by atoms with E-state index in [1.165, 1.54) is 12.1 Å². The van der Waals surface area contributed by atoms with Crippen LogP contribution in [0.1, 0.15) is 26.5 Å². The summed E-state index contributed by atoms with van der Waals surface area (Å²) in [5, 5.41) is 12.0. The molecule has 0 spiro atoms. The van der Waals surface area contributed by atoms with Crippen LogP contribution < -0.4 is 5.32 Å². The summed E-state index contributed by atoms with van der Waals surface area (Å²) in [5.41, 5.74) is 0.817. The molecule has 0 radical (unpaired) electrons. The molecule has 152 valence electrons. The molecule has 2 aromatic heterocycles. The van der Waals surface area contributed by atoms with Gasteiger partial charge in [-0.1, -0.05) is 0 Å². The summed E-state index contributed by atoms with van der Waals surface area (Å²) in [6.45, 7) is 5.06. The van der Waals surface area contributed by atoms with E-state index in [1.54, 1.807) is 55.8 Å². The number of carbonyl (C=O) groups excluding carboxylic acids is 1. The van der Waals surface area contributed by atoms with Crippen molar-refractivity contribution < 1.29 is 23.8 Å². The van der Waals surface area contributed by atoms with Gasteiger partial charge in [0.05, 0.1) is 11.4 Å². The second kappa shape index (κ2) is 7.86. The number of amides is 1. The quantitative estimate of drug-likeness (QED) is 0.682. The van der Waals surface area contributed by atoms with Gasteiger partial charge in [0.1, 0.15) is 17.5 Å². The van der Waals surface area contributed by atoms with Gasteiger partial charge in [-0.2, -0.15) is 0 Å². The summed E-state index contributed by atoms with van der Waals surface area (Å²) in [7, 11) is 0. The number of carboxylic acid groups (broad SMARTS) is 1. The largest absolute Gasteiger partial charge is 0.480 e. The van der Waals surface area contributed by atoms with E-state index in [2.05, 4.69) is 15.3 Å². The molecule has 1 unspecified atom stereocenters. The predicted molar refractivity (Wildman–Crippen MR) is 103 cm³/mol. The lowest BCUT2D eigenvalue weighted by atomic mass is 10.0. The molecule has 1 atom stereocenters. The summed E-state index contributed by atoms with van der Waals surface area (Å²) < 4.78 is 20.1. The smallest absolute Gasteiger partial charge is 0.408 e. The van der Waals surface area contributed by atoms with Crippen LogP contribution in [0, 0.1) is 5.82 Å². The lowest BCUT2D eigenvalue weighted by Gasteiger charge is -2.22. The molecule has 8 nitrogen and oxygen atoms in total. The van der Waals surface area contributed by atoms with E-state index in [-0.39, 0.29) is 6.42 Å². The number of rotatable bonds is 5. The van der Waals surface area contributed by atoms with Gasteiger partial charge in [-0.15, -0.1) is 0 Å². The number of hydrogen-bond acceptors (Lipinski definition) is 5. The van der Waals surface area contributed by atoms with Gasteiger partial charge in [0.25, 0.3) is 0 Å². The Bertz CT molecular complexity index is 1040. The lowest BCUT2D eigenvalue weighted by Crippen LogP contribution is -2.44. The third-order valence-electron chi connectivity index (χ3n) is 4.01. The Hall–Kier alpha value is -3.49. The molecule has 0 aliphatic heterocycles. The number of nitrogens with zero attached hydrogens (tertiary/aromatic N) is 3. The second-order valence-corrected chi connectivity index (χ2v) is 7.44. The standard InChI is InChI=1S/C20H21FN4O4/c1-20(2,3)29-19(28)23-14(17(26)27)11-15-16(12-5-7-13(21)8-6-12)24-18-22-9-4-10-25(15)18/h4-10,14H,11H2,1-3H3,(H,23,28)(H,26,27). The first kappa shape index (κ1) is 20.2. The number of imidazole rings is 1. The van der Waals surface area contributed by atoms with Crippen LogP contribution >= 0.6 is 0 Å². The number of halogens is 1. The van der Waals surface area contributed by atoms with Crippen molar-refractivity contribution in [2.75, 3.05) is 0 Å². The van der Waals surface area contributed by atoms with Crippen LogP contribution in [0.15, 0.2) is 42.7 Å². The van der Waals surface area contributed by atoms with Gasteiger partial charge in [0, 0.05) is 24.4 Å². The van der Waals surface area contributed by atoms with Crippen molar-refractivity contribution in [3.8, 4) is 11.3 Å². The van der Waals surface area contributed by atoms with Crippen LogP contribution in [0.5, 0.6) is 0 Å². The van der Waals surface area contributed by atoms with Crippen molar-refractivity contribution in [3.05, 3.63) is 54.2 Å². The average molecular weight is 400 g/mol. The summed E-state index contributed by atoms with van der Waals surface area (Å²) >= 11 is 0. The molecule has 0 aliphatic carbocycles. The molecule has 0 saturated heterocycles. The highest BCUT2D eigenvalue weighted by atomic mass is 19.1. The fraction of sp³-hybridized carbons (Fsp3) is 0.300. The number of ether oxygens (including phenoxy) is 1. The third-order valence-corrected chi connectivity index (χ3v) is 4.01. The fourth-order valence-electron chi connectivity index (χ4n) is 2.81. The number of alkyl carbamates (subject to hydrolysis) is 1. The average Bonchev–Trinajstić information content (AvgIpc) is 2.99. The van der Waals surface area contributed by atoms with Crippen LogP contribution in [-0.2, 0) is 16.0 Å². The molecule has 29 heavy (non-hydrogen) atoms. The summed E-state index contributed by atoms with van der Waals surface area (Å²) in [6, 6.07) is 6.12. The van der Waals surface area contributed by atoms with E-state index < -0.39 is 29.5 Å². The van der Waals surface area contributed by atoms with E-state index in [0.717, 1.165) is 0 Å². The zero-order valence-corrected chi connectivity index (χ0v) is 16.2. The van der Waals surface area contributed by atoms with E-state index >= 15 is 0 Å². The van der Waals surface area contributed by atoms with Crippen molar-refractivity contribution in [3.63, 3.8) is 0 Å². The Morgan fingerprint density at radius 2 is 1.97 bits per heavy atom. The fourth-order valence-corrected chi connectivity index (χ4v) is 2.81. The molecule has 2 N–H and O–H groups in total. The van der Waals surface area contributed by atoms with Crippen molar-refractivity contribution >= 4 is 17.8 Å². The first-order valence-corrected chi connectivity index (χ1v) is 8.94. The van der Waals surface area contributed by atoms with Gasteiger partial charge in [-0.25, -0.2) is 23.9 Å². The Morgan fingerprint density at radius 1 is 1.28 bits per heavy atom. The van der Waals surface area contributed by atoms with Crippen molar-refractivity contribution in [1.82, 2.24) is 19.7 Å². The maximum atomic E-state index is 13.3. The Morgan fingerprint density at radius 3 is 2.59 bits per heavy atom. The van der Waals surface area contributed by atoms with E-state index in [1.807, 2.05) is 0 Å². The highest BCUT2D eigenvalue weighted by Gasteiger charge is 2.27. The zero-order valence-electron chi connectivity index (χ0n) is 16.2. The van der Waals surface area contributed by atoms with E-state index in [9.17, 15) is 19.1 Å². The highest BCUT2D eigenvalue weighted by molar-refractivity contribution is 5.81. The third kappa shape index (κ3) is 4.87. The minimum absolute atomic E-state index is 0.0753. The van der Waals surface area contributed by atoms with Crippen LogP contribution in [0.4, 0.5) is 9.18 Å². The number of fused-ring (bicyclic) bond motifs is 1. The normalized spacial score (nSPS) is 12.6. The first-order valence-electron chi connectivity index (χ1n) is 8.94. The number of carboxylic acids is 1. The van der Waals surface area contributed by atoms with Gasteiger partial charge < -0.3 is 15.2 Å². The minimum Gasteiger partial charge on any atom is -0.480 e. The summed E-state index contributed by atoms with van der Waals surface area (Å²) in [5.74, 6) is -1.25. The monoisotopic (exact) mass is 400 g/mol. The van der Waals surface area contributed by atoms with Crippen LogP contribution in [0.3, 0.4) is 0 Å². The second-order valence-electron chi connectivity index (χ2n) is 7.44. The minimum atomic E-state index is -1.26. The molecule has 0 fully saturated rings. The predicted octanol–water partition coefficient (Wildman–Crippen LogP) is 3.06. The molecule has 3 rings (SSSR count). The number of nitrogens with one attached hydrogen (secondary N) is 1. The maximum Gasteiger partial charge on any atom is 0.408 e. The Kier molecular flexibility index (Phi) is 5.49. The molecule has 0 bridgehead atoms. The van der Waals surface area contributed by atoms with Crippen LogP contribution in [0.2, 0.25) is 0 Å². The number of aromatic nitrogens is 3. The van der Waals surface area contributed by atoms with Gasteiger partial charge in [0.15, 0.2) is 0 Å². The van der Waals surface area contributed by atoms with Gasteiger partial charge >= 0.3 is 12.1 Å². The molecule has 2 heterocycles. The molecule has 0 aliphatic rings. The van der Waals surface area contributed by atoms with Gasteiger partial charge in [0.2, 0.25) is 5.78 Å². The number of carbonyl (C=O) groups is 2. The first-order chi connectivity index (χ1) is 13.6. The van der Waals surface area contributed by atoms with E-state index in [4.69, 9.17) is 4.74 Å². The highest BCUT2D eigenvalue weighted by Crippen LogP contribution is 2.25. The molecule has 0 saturated carbocycles. The Balaban J connectivity index is 1.98. The lowest BCUT2D eigenvalue weighted by molar-refractivity contribution is -0.139. The number of hydrogen-bond donors (Lipinski definition) is 2. The molecule has 9 heteroatoms. The van der Waals surface area contributed by atoms with Crippen molar-refractivity contribution in [2.24, 2.45) is 0 Å². The molecule has 1 aromatic carbocycles. The zero-order chi connectivity index (χ0) is 21.2. The maximum absolute atomic E-state index is 13.3. The summed E-state index contributed by atoms with van der Waals surface area (Å²) in [6.07, 6.45) is 2.35.